The molecular weight excluding hydrogens is 293 g/mol. The number of hydrogen-bond donors (Lipinski definition) is 0. The Morgan fingerprint density at radius 2 is 2.05 bits per heavy atom. The number of esters is 1. The first kappa shape index (κ1) is 18.8. The maximum absolute atomic E-state index is 11.4. The first-order valence-electron chi connectivity index (χ1n) is 5.24. The molecule has 1 rings (SSSR count). The predicted octanol–water partition coefficient (Wildman–Crippen LogP) is -1.94. The van der Waals surface area contributed by atoms with Gasteiger partial charge >= 0.3 is 35.5 Å². The molecule has 0 saturated carbocycles. The molecule has 20 heavy (non-hydrogen) atoms. The van der Waals surface area contributed by atoms with Gasteiger partial charge in [0.1, 0.15) is 21.8 Å². The van der Waals surface area contributed by atoms with Crippen molar-refractivity contribution in [2.75, 3.05) is 6.61 Å². The van der Waals surface area contributed by atoms with Crippen LogP contribution < -0.4 is 29.6 Å². The standard InChI is InChI=1S/C12H11NO5S.Na/c1-2-18-12(14)10(8-13)7-9-5-3-4-6-11(9)19(15,16)17;/h3-7H,2H2,1H3,(H,15,16,17);/q;+1/p-1/b10-7+;. The topological polar surface area (TPSA) is 107 Å². The van der Waals surface area contributed by atoms with Crippen molar-refractivity contribution in [3.63, 3.8) is 0 Å². The average molecular weight is 303 g/mol. The van der Waals surface area contributed by atoms with Crippen molar-refractivity contribution in [1.82, 2.24) is 0 Å². The van der Waals surface area contributed by atoms with E-state index in [0.29, 0.717) is 0 Å². The fourth-order valence-corrected chi connectivity index (χ4v) is 1.99. The van der Waals surface area contributed by atoms with Gasteiger partial charge in [-0.15, -0.1) is 0 Å². The van der Waals surface area contributed by atoms with E-state index in [-0.39, 0.29) is 47.3 Å². The van der Waals surface area contributed by atoms with Gasteiger partial charge in [-0.2, -0.15) is 5.26 Å². The van der Waals surface area contributed by atoms with E-state index in [1.165, 1.54) is 18.2 Å². The van der Waals surface area contributed by atoms with Gasteiger partial charge in [-0.05, 0) is 24.6 Å². The first-order chi connectivity index (χ1) is 8.90. The number of benzene rings is 1. The van der Waals surface area contributed by atoms with Crippen LogP contribution in [0.3, 0.4) is 0 Å². The van der Waals surface area contributed by atoms with Crippen molar-refractivity contribution >= 4 is 22.2 Å². The second kappa shape index (κ2) is 8.19. The van der Waals surface area contributed by atoms with Crippen molar-refractivity contribution in [2.45, 2.75) is 11.8 Å². The third kappa shape index (κ3) is 5.07. The van der Waals surface area contributed by atoms with Gasteiger partial charge in [-0.25, -0.2) is 13.2 Å². The van der Waals surface area contributed by atoms with Gasteiger partial charge < -0.3 is 9.29 Å². The number of carbonyl (C=O) groups is 1. The molecule has 0 aromatic heterocycles. The second-order valence-corrected chi connectivity index (χ2v) is 4.73. The normalized spacial score (nSPS) is 11.2. The Bertz CT molecular complexity index is 661. The van der Waals surface area contributed by atoms with Crippen LogP contribution in [-0.2, 0) is 19.6 Å². The van der Waals surface area contributed by atoms with Crippen LogP contribution in [0, 0.1) is 11.3 Å². The van der Waals surface area contributed by atoms with E-state index in [9.17, 15) is 17.8 Å². The Morgan fingerprint density at radius 3 is 2.55 bits per heavy atom. The molecule has 0 fully saturated rings. The number of nitrogens with zero attached hydrogens (tertiary/aromatic N) is 1. The molecule has 0 spiro atoms. The third-order valence-corrected chi connectivity index (χ3v) is 3.01. The first-order valence-corrected chi connectivity index (χ1v) is 6.64. The quantitative estimate of drug-likeness (QED) is 0.211. The molecule has 0 atom stereocenters. The van der Waals surface area contributed by atoms with Crippen molar-refractivity contribution in [3.8, 4) is 6.07 Å². The number of carbonyl (C=O) groups excluding carboxylic acids is 1. The van der Waals surface area contributed by atoms with Gasteiger partial charge in [0.25, 0.3) is 0 Å². The summed E-state index contributed by atoms with van der Waals surface area (Å²) in [6.07, 6.45) is 1.02. The molecule has 100 valence electrons. The predicted molar refractivity (Wildman–Crippen MR) is 64.6 cm³/mol. The van der Waals surface area contributed by atoms with Crippen LogP contribution >= 0.6 is 0 Å². The van der Waals surface area contributed by atoms with E-state index < -0.39 is 21.0 Å². The summed E-state index contributed by atoms with van der Waals surface area (Å²) in [6.45, 7) is 1.66. The zero-order chi connectivity index (χ0) is 14.5. The summed E-state index contributed by atoms with van der Waals surface area (Å²) in [7, 11) is -4.68. The minimum absolute atomic E-state index is 0. The average Bonchev–Trinajstić information content (AvgIpc) is 2.35. The maximum Gasteiger partial charge on any atom is 1.00 e. The Hall–Kier alpha value is -1.17. The summed E-state index contributed by atoms with van der Waals surface area (Å²) >= 11 is 0. The molecule has 0 N–H and O–H groups in total. The maximum atomic E-state index is 11.4. The molecule has 1 aromatic rings. The van der Waals surface area contributed by atoms with Gasteiger partial charge in [-0.1, -0.05) is 18.2 Å². The summed E-state index contributed by atoms with van der Waals surface area (Å²) in [5.41, 5.74) is -0.403. The van der Waals surface area contributed by atoms with Crippen molar-refractivity contribution in [3.05, 3.63) is 35.4 Å². The molecule has 0 heterocycles. The van der Waals surface area contributed by atoms with Crippen LogP contribution in [0.15, 0.2) is 34.7 Å². The van der Waals surface area contributed by atoms with E-state index >= 15 is 0 Å². The number of rotatable bonds is 4. The van der Waals surface area contributed by atoms with Gasteiger partial charge in [-0.3, -0.25) is 0 Å². The summed E-state index contributed by atoms with van der Waals surface area (Å²) in [5.74, 6) is -0.872. The Labute approximate surface area is 139 Å². The van der Waals surface area contributed by atoms with Crippen LogP contribution in [0.1, 0.15) is 12.5 Å². The van der Waals surface area contributed by atoms with Crippen molar-refractivity contribution in [2.24, 2.45) is 0 Å². The molecule has 0 radical (unpaired) electrons. The smallest absolute Gasteiger partial charge is 0.744 e. The van der Waals surface area contributed by atoms with Crippen LogP contribution in [0.5, 0.6) is 0 Å². The van der Waals surface area contributed by atoms with Crippen LogP contribution in [0.2, 0.25) is 0 Å². The molecule has 0 aliphatic heterocycles. The fraction of sp³-hybridized carbons (Fsp3) is 0.167. The molecule has 8 heteroatoms. The fourth-order valence-electron chi connectivity index (χ4n) is 1.33. The molecular formula is C12H10NNaO5S. The van der Waals surface area contributed by atoms with E-state index in [2.05, 4.69) is 4.74 Å². The van der Waals surface area contributed by atoms with E-state index in [4.69, 9.17) is 5.26 Å². The summed E-state index contributed by atoms with van der Waals surface area (Å²) in [4.78, 5) is 10.9. The zero-order valence-electron chi connectivity index (χ0n) is 11.0. The summed E-state index contributed by atoms with van der Waals surface area (Å²) in [5, 5.41) is 8.83. The van der Waals surface area contributed by atoms with Crippen LogP contribution in [-0.4, -0.2) is 25.5 Å². The Kier molecular flexibility index (Phi) is 7.71. The van der Waals surface area contributed by atoms with Crippen LogP contribution in [0.25, 0.3) is 6.08 Å². The Morgan fingerprint density at radius 1 is 1.45 bits per heavy atom. The molecule has 0 unspecified atom stereocenters. The monoisotopic (exact) mass is 303 g/mol. The van der Waals surface area contributed by atoms with E-state index in [0.717, 1.165) is 12.1 Å². The largest absolute Gasteiger partial charge is 1.00 e. The third-order valence-electron chi connectivity index (χ3n) is 2.10. The molecule has 6 nitrogen and oxygen atoms in total. The van der Waals surface area contributed by atoms with Gasteiger partial charge in [0.05, 0.1) is 11.5 Å². The number of hydrogen-bond acceptors (Lipinski definition) is 6. The summed E-state index contributed by atoms with van der Waals surface area (Å²) in [6, 6.07) is 6.89. The van der Waals surface area contributed by atoms with E-state index in [1.807, 2.05) is 0 Å². The van der Waals surface area contributed by atoms with E-state index in [1.54, 1.807) is 13.0 Å². The van der Waals surface area contributed by atoms with Gasteiger partial charge in [0.2, 0.25) is 0 Å². The SMILES string of the molecule is CCOC(=O)/C(C#N)=C/c1ccccc1S(=O)(=O)[O-].[Na+]. The molecule has 0 amide bonds. The van der Waals surface area contributed by atoms with Crippen molar-refractivity contribution < 1.29 is 52.1 Å². The molecule has 1 aromatic carbocycles. The van der Waals surface area contributed by atoms with Gasteiger partial charge in [0.15, 0.2) is 0 Å². The number of ether oxygens (including phenoxy) is 1. The Balaban J connectivity index is 0.00000361. The molecule has 0 aliphatic rings. The zero-order valence-corrected chi connectivity index (χ0v) is 13.8. The number of nitriles is 1. The molecule has 0 saturated heterocycles. The second-order valence-electron chi connectivity index (χ2n) is 3.38. The summed E-state index contributed by atoms with van der Waals surface area (Å²) < 4.78 is 37.7. The van der Waals surface area contributed by atoms with Gasteiger partial charge in [0, 0.05) is 0 Å². The minimum Gasteiger partial charge on any atom is -0.744 e. The minimum atomic E-state index is -4.68. The van der Waals surface area contributed by atoms with Crippen molar-refractivity contribution in [1.29, 1.82) is 5.26 Å². The molecule has 0 aliphatic carbocycles. The van der Waals surface area contributed by atoms with Crippen LogP contribution in [0.4, 0.5) is 0 Å². The molecule has 0 bridgehead atoms.